The fraction of sp³-hybridized carbons (Fsp3) is 1.00. The number of fused-ring (bicyclic) bond motifs is 2. The van der Waals surface area contributed by atoms with Crippen LogP contribution in [0.25, 0.3) is 0 Å². The zero-order chi connectivity index (χ0) is 13.8. The standard InChI is InChI=1S/C17H30OSe/c1-11-13-9-12(16(13,2)3)10-14(11)19-15-7-6-8-17(15,4)18-5/h11-15H,6-10H2,1-5H3/t11-,12+,13-,14-,15?,17?/m1/s1. The van der Waals surface area contributed by atoms with Gasteiger partial charge in [-0.05, 0) is 0 Å². The number of ether oxygens (including phenoxy) is 1. The van der Waals surface area contributed by atoms with Gasteiger partial charge in [0, 0.05) is 0 Å². The Morgan fingerprint density at radius 3 is 2.47 bits per heavy atom. The van der Waals surface area contributed by atoms with Crippen LogP contribution in [0.4, 0.5) is 0 Å². The van der Waals surface area contributed by atoms with Crippen molar-refractivity contribution in [2.24, 2.45) is 23.2 Å². The van der Waals surface area contributed by atoms with Crippen molar-refractivity contribution in [2.75, 3.05) is 7.11 Å². The van der Waals surface area contributed by atoms with Crippen LogP contribution in [-0.2, 0) is 4.74 Å². The molecule has 0 N–H and O–H groups in total. The normalized spacial score (nSPS) is 51.9. The van der Waals surface area contributed by atoms with Gasteiger partial charge in [0.2, 0.25) is 0 Å². The summed E-state index contributed by atoms with van der Waals surface area (Å²) in [6.45, 7) is 9.94. The quantitative estimate of drug-likeness (QED) is 0.690. The van der Waals surface area contributed by atoms with Crippen molar-refractivity contribution >= 4 is 15.0 Å². The van der Waals surface area contributed by atoms with E-state index in [0.717, 1.165) is 42.3 Å². The first-order valence-electron chi connectivity index (χ1n) is 8.09. The van der Waals surface area contributed by atoms with E-state index in [1.165, 1.54) is 32.1 Å². The third kappa shape index (κ3) is 2.14. The van der Waals surface area contributed by atoms with Gasteiger partial charge in [0.15, 0.2) is 0 Å². The summed E-state index contributed by atoms with van der Waals surface area (Å²) in [6.07, 6.45) is 7.13. The Labute approximate surface area is 125 Å². The Balaban J connectivity index is 1.66. The van der Waals surface area contributed by atoms with Crippen LogP contribution in [0.3, 0.4) is 0 Å². The van der Waals surface area contributed by atoms with Gasteiger partial charge in [-0.3, -0.25) is 0 Å². The summed E-state index contributed by atoms with van der Waals surface area (Å²) in [5.41, 5.74) is 0.850. The van der Waals surface area contributed by atoms with E-state index in [2.05, 4.69) is 27.7 Å². The van der Waals surface area contributed by atoms with Crippen LogP contribution < -0.4 is 0 Å². The maximum absolute atomic E-state index is 5.88. The molecule has 4 aliphatic rings. The molecule has 2 unspecified atom stereocenters. The van der Waals surface area contributed by atoms with E-state index in [4.69, 9.17) is 4.74 Å². The predicted octanol–water partition coefficient (Wildman–Crippen LogP) is 4.56. The Bertz CT molecular complexity index is 353. The van der Waals surface area contributed by atoms with Crippen LogP contribution in [0.5, 0.6) is 0 Å². The van der Waals surface area contributed by atoms with Gasteiger partial charge in [0.1, 0.15) is 0 Å². The molecular weight excluding hydrogens is 299 g/mol. The molecule has 6 atom stereocenters. The molecule has 4 aliphatic carbocycles. The van der Waals surface area contributed by atoms with Crippen molar-refractivity contribution < 1.29 is 4.74 Å². The first-order valence-corrected chi connectivity index (χ1v) is 10.1. The van der Waals surface area contributed by atoms with Gasteiger partial charge < -0.3 is 0 Å². The zero-order valence-corrected chi connectivity index (χ0v) is 15.0. The van der Waals surface area contributed by atoms with Crippen LogP contribution in [0, 0.1) is 23.2 Å². The minimum atomic E-state index is 0.205. The monoisotopic (exact) mass is 330 g/mol. The Hall–Kier alpha value is 0.479. The molecule has 2 heteroatoms. The van der Waals surface area contributed by atoms with Gasteiger partial charge in [0.25, 0.3) is 0 Å². The third-order valence-electron chi connectivity index (χ3n) is 6.91. The number of rotatable bonds is 3. The van der Waals surface area contributed by atoms with E-state index >= 15 is 0 Å². The summed E-state index contributed by atoms with van der Waals surface area (Å²) in [5, 5.41) is 0. The average molecular weight is 329 g/mol. The van der Waals surface area contributed by atoms with Crippen LogP contribution >= 0.6 is 0 Å². The van der Waals surface area contributed by atoms with Crippen LogP contribution in [0.1, 0.15) is 59.8 Å². The van der Waals surface area contributed by atoms with Crippen molar-refractivity contribution in [3.05, 3.63) is 0 Å². The van der Waals surface area contributed by atoms with E-state index in [0.29, 0.717) is 5.41 Å². The molecule has 1 nitrogen and oxygen atoms in total. The molecule has 0 spiro atoms. The van der Waals surface area contributed by atoms with Crippen molar-refractivity contribution in [1.29, 1.82) is 0 Å². The average Bonchev–Trinajstić information content (AvgIpc) is 2.73. The molecule has 0 heterocycles. The Morgan fingerprint density at radius 1 is 1.16 bits per heavy atom. The molecule has 19 heavy (non-hydrogen) atoms. The van der Waals surface area contributed by atoms with Crippen LogP contribution in [0.15, 0.2) is 0 Å². The predicted molar refractivity (Wildman–Crippen MR) is 81.7 cm³/mol. The summed E-state index contributed by atoms with van der Waals surface area (Å²) >= 11 is 0.786. The summed E-state index contributed by atoms with van der Waals surface area (Å²) in [4.78, 5) is 1.90. The number of hydrogen-bond acceptors (Lipinski definition) is 1. The van der Waals surface area contributed by atoms with Gasteiger partial charge in [-0.1, -0.05) is 0 Å². The van der Waals surface area contributed by atoms with Gasteiger partial charge in [0.05, 0.1) is 0 Å². The van der Waals surface area contributed by atoms with E-state index in [1.54, 1.807) is 0 Å². The molecule has 2 bridgehead atoms. The molecule has 0 saturated heterocycles. The fourth-order valence-electron chi connectivity index (χ4n) is 5.04. The first-order chi connectivity index (χ1) is 8.88. The SMILES string of the molecule is COC1(C)CCCC1[Se][C@@H]1C[C@@H]2C[C@H]([C@H]1C)C2(C)C. The number of hydrogen-bond donors (Lipinski definition) is 0. The molecule has 4 saturated carbocycles. The molecule has 110 valence electrons. The molecule has 0 aliphatic heterocycles. The maximum atomic E-state index is 5.88. The first kappa shape index (κ1) is 14.4. The zero-order valence-electron chi connectivity index (χ0n) is 13.2. The third-order valence-corrected chi connectivity index (χ3v) is 11.2. The second-order valence-electron chi connectivity index (χ2n) is 8.03. The molecule has 0 aromatic heterocycles. The topological polar surface area (TPSA) is 9.23 Å². The van der Waals surface area contributed by atoms with Gasteiger partial charge >= 0.3 is 125 Å². The molecule has 0 radical (unpaired) electrons. The van der Waals surface area contributed by atoms with Crippen molar-refractivity contribution in [3.63, 3.8) is 0 Å². The second kappa shape index (κ2) is 4.75. The molecule has 0 amide bonds. The molecule has 0 aromatic rings. The van der Waals surface area contributed by atoms with E-state index in [-0.39, 0.29) is 5.60 Å². The molecule has 4 fully saturated rings. The molecular formula is C17H30OSe. The Morgan fingerprint density at radius 2 is 1.89 bits per heavy atom. The van der Waals surface area contributed by atoms with E-state index < -0.39 is 0 Å². The van der Waals surface area contributed by atoms with Crippen molar-refractivity contribution in [2.45, 2.75) is 75.0 Å². The van der Waals surface area contributed by atoms with Crippen molar-refractivity contribution in [3.8, 4) is 0 Å². The fourth-order valence-corrected chi connectivity index (χ4v) is 9.26. The minimum absolute atomic E-state index is 0.205. The van der Waals surface area contributed by atoms with Gasteiger partial charge in [-0.25, -0.2) is 0 Å². The summed E-state index contributed by atoms with van der Waals surface area (Å²) in [6, 6.07) is 0. The van der Waals surface area contributed by atoms with E-state index in [9.17, 15) is 0 Å². The summed E-state index contributed by atoms with van der Waals surface area (Å²) < 4.78 is 5.88. The van der Waals surface area contributed by atoms with Crippen molar-refractivity contribution in [1.82, 2.24) is 0 Å². The van der Waals surface area contributed by atoms with E-state index in [1.807, 2.05) is 7.11 Å². The summed E-state index contributed by atoms with van der Waals surface area (Å²) in [5.74, 6) is 2.99. The Kier molecular flexibility index (Phi) is 3.60. The molecule has 0 aromatic carbocycles. The second-order valence-corrected chi connectivity index (χ2v) is 11.1. The summed E-state index contributed by atoms with van der Waals surface area (Å²) in [7, 11) is 1.93. The van der Waals surface area contributed by atoms with Crippen LogP contribution in [0.2, 0.25) is 9.63 Å². The number of methoxy groups -OCH3 is 1. The van der Waals surface area contributed by atoms with Gasteiger partial charge in [-0.15, -0.1) is 0 Å². The molecule has 4 rings (SSSR count). The van der Waals surface area contributed by atoms with Gasteiger partial charge in [-0.2, -0.15) is 0 Å². The van der Waals surface area contributed by atoms with Crippen LogP contribution in [-0.4, -0.2) is 27.7 Å².